The molecule has 1 unspecified atom stereocenters. The number of rotatable bonds is 6. The fourth-order valence-electron chi connectivity index (χ4n) is 3.32. The SMILES string of the molecule is CC(C(=O)Nc1cnn(Cc2ccc(Cl)c(Cl)c2)c1)n1nc(C(F)(F)F)c(Br)c1C1CC1. The van der Waals surface area contributed by atoms with Crippen LogP contribution in [0.4, 0.5) is 18.9 Å². The van der Waals surface area contributed by atoms with Crippen LogP contribution in [-0.4, -0.2) is 25.5 Å². The summed E-state index contributed by atoms with van der Waals surface area (Å²) in [7, 11) is 0. The second-order valence-electron chi connectivity index (χ2n) is 7.60. The van der Waals surface area contributed by atoms with Crippen molar-refractivity contribution in [3.8, 4) is 0 Å². The Morgan fingerprint density at radius 2 is 2.03 bits per heavy atom. The molecule has 1 aliphatic rings. The first-order chi connectivity index (χ1) is 15.0. The van der Waals surface area contributed by atoms with Crippen LogP contribution < -0.4 is 5.32 Å². The van der Waals surface area contributed by atoms with E-state index in [1.165, 1.54) is 17.8 Å². The van der Waals surface area contributed by atoms with Crippen LogP contribution >= 0.6 is 39.1 Å². The molecule has 3 aromatic rings. The van der Waals surface area contributed by atoms with E-state index in [0.29, 0.717) is 28.0 Å². The molecule has 0 aliphatic heterocycles. The predicted molar refractivity (Wildman–Crippen MR) is 118 cm³/mol. The van der Waals surface area contributed by atoms with Gasteiger partial charge in [0.05, 0.1) is 38.6 Å². The Labute approximate surface area is 199 Å². The summed E-state index contributed by atoms with van der Waals surface area (Å²) in [6.07, 6.45) is -0.0103. The Hall–Kier alpha value is -2.04. The summed E-state index contributed by atoms with van der Waals surface area (Å²) in [5.74, 6) is -0.540. The Kier molecular flexibility index (Phi) is 6.30. The van der Waals surface area contributed by atoms with Crippen LogP contribution in [0.5, 0.6) is 0 Å². The number of anilines is 1. The molecule has 1 aliphatic carbocycles. The number of hydrogen-bond donors (Lipinski definition) is 1. The van der Waals surface area contributed by atoms with E-state index in [4.69, 9.17) is 23.2 Å². The fourth-order valence-corrected chi connectivity index (χ4v) is 4.45. The van der Waals surface area contributed by atoms with Crippen LogP contribution in [0.15, 0.2) is 35.1 Å². The van der Waals surface area contributed by atoms with E-state index in [1.807, 2.05) is 6.07 Å². The van der Waals surface area contributed by atoms with E-state index < -0.39 is 23.8 Å². The molecule has 170 valence electrons. The highest BCUT2D eigenvalue weighted by molar-refractivity contribution is 9.10. The number of nitrogens with zero attached hydrogens (tertiary/aromatic N) is 4. The smallest absolute Gasteiger partial charge is 0.322 e. The first-order valence-electron chi connectivity index (χ1n) is 9.67. The number of nitrogens with one attached hydrogen (secondary N) is 1. The predicted octanol–water partition coefficient (Wildman–Crippen LogP) is 6.29. The zero-order valence-electron chi connectivity index (χ0n) is 16.6. The van der Waals surface area contributed by atoms with Crippen molar-refractivity contribution in [1.82, 2.24) is 19.6 Å². The Morgan fingerprint density at radius 1 is 1.31 bits per heavy atom. The lowest BCUT2D eigenvalue weighted by molar-refractivity contribution is -0.142. The van der Waals surface area contributed by atoms with Crippen LogP contribution in [0.25, 0.3) is 0 Å². The summed E-state index contributed by atoms with van der Waals surface area (Å²) in [5, 5.41) is 11.5. The fraction of sp³-hybridized carbons (Fsp3) is 0.350. The van der Waals surface area contributed by atoms with Crippen molar-refractivity contribution >= 4 is 50.7 Å². The summed E-state index contributed by atoms with van der Waals surface area (Å²) >= 11 is 15.0. The summed E-state index contributed by atoms with van der Waals surface area (Å²) in [5.41, 5.74) is 0.657. The molecule has 0 radical (unpaired) electrons. The standard InChI is InChI=1S/C20H17BrCl2F3N5O/c1-10(31-17(12-3-4-12)16(21)18(29-31)20(24,25)26)19(32)28-13-7-27-30(9-13)8-11-2-5-14(22)15(23)6-11/h2,5-7,9-10,12H,3-4,8H2,1H3,(H,28,32). The first-order valence-corrected chi connectivity index (χ1v) is 11.2. The van der Waals surface area contributed by atoms with Gasteiger partial charge in [0.25, 0.3) is 0 Å². The van der Waals surface area contributed by atoms with E-state index in [-0.39, 0.29) is 10.4 Å². The molecule has 12 heteroatoms. The van der Waals surface area contributed by atoms with E-state index >= 15 is 0 Å². The molecule has 2 aromatic heterocycles. The Morgan fingerprint density at radius 3 is 2.66 bits per heavy atom. The normalized spacial score (nSPS) is 15.1. The van der Waals surface area contributed by atoms with Crippen molar-refractivity contribution < 1.29 is 18.0 Å². The van der Waals surface area contributed by atoms with Gasteiger partial charge >= 0.3 is 6.18 Å². The highest BCUT2D eigenvalue weighted by Crippen LogP contribution is 2.47. The molecule has 0 saturated heterocycles. The number of carbonyl (C=O) groups excluding carboxylic acids is 1. The highest BCUT2D eigenvalue weighted by atomic mass is 79.9. The largest absolute Gasteiger partial charge is 0.436 e. The lowest BCUT2D eigenvalue weighted by Gasteiger charge is -2.15. The molecule has 2 heterocycles. The number of halogens is 6. The lowest BCUT2D eigenvalue weighted by atomic mass is 10.2. The van der Waals surface area contributed by atoms with Gasteiger partial charge in [-0.15, -0.1) is 0 Å². The van der Waals surface area contributed by atoms with Crippen LogP contribution in [0.3, 0.4) is 0 Å². The quantitative estimate of drug-likeness (QED) is 0.392. The molecular formula is C20H17BrCl2F3N5O. The number of carbonyl (C=O) groups is 1. The molecule has 1 N–H and O–H groups in total. The molecule has 6 nitrogen and oxygen atoms in total. The zero-order chi connectivity index (χ0) is 23.2. The highest BCUT2D eigenvalue weighted by Gasteiger charge is 2.43. The average Bonchev–Trinajstić information content (AvgIpc) is 3.35. The molecular weight excluding hydrogens is 534 g/mol. The Balaban J connectivity index is 1.49. The number of hydrogen-bond acceptors (Lipinski definition) is 3. The first kappa shape index (κ1) is 23.1. The molecule has 0 spiro atoms. The molecule has 1 saturated carbocycles. The van der Waals surface area contributed by atoms with Crippen molar-refractivity contribution in [2.45, 2.75) is 44.4 Å². The second-order valence-corrected chi connectivity index (χ2v) is 9.21. The van der Waals surface area contributed by atoms with Gasteiger partial charge < -0.3 is 5.32 Å². The third-order valence-corrected chi connectivity index (χ3v) is 6.62. The summed E-state index contributed by atoms with van der Waals surface area (Å²) in [6.45, 7) is 1.91. The van der Waals surface area contributed by atoms with Crippen molar-refractivity contribution in [1.29, 1.82) is 0 Å². The summed E-state index contributed by atoms with van der Waals surface area (Å²) in [4.78, 5) is 12.8. The minimum Gasteiger partial charge on any atom is -0.322 e. The number of aromatic nitrogens is 4. The molecule has 1 aromatic carbocycles. The second kappa shape index (κ2) is 8.72. The summed E-state index contributed by atoms with van der Waals surface area (Å²) < 4.78 is 42.7. The molecule has 4 rings (SSSR count). The average molecular weight is 551 g/mol. The van der Waals surface area contributed by atoms with Gasteiger partial charge in [-0.3, -0.25) is 14.2 Å². The third kappa shape index (κ3) is 4.82. The molecule has 1 fully saturated rings. The van der Waals surface area contributed by atoms with E-state index in [0.717, 1.165) is 18.4 Å². The molecule has 32 heavy (non-hydrogen) atoms. The van der Waals surface area contributed by atoms with E-state index in [9.17, 15) is 18.0 Å². The van der Waals surface area contributed by atoms with E-state index in [2.05, 4.69) is 31.4 Å². The van der Waals surface area contributed by atoms with Crippen molar-refractivity contribution in [2.75, 3.05) is 5.32 Å². The topological polar surface area (TPSA) is 64.7 Å². The van der Waals surface area contributed by atoms with Gasteiger partial charge in [-0.05, 0) is 53.4 Å². The van der Waals surface area contributed by atoms with Crippen LogP contribution in [0.2, 0.25) is 10.0 Å². The summed E-state index contributed by atoms with van der Waals surface area (Å²) in [6, 6.07) is 4.27. The van der Waals surface area contributed by atoms with Crippen molar-refractivity contribution in [3.05, 3.63) is 62.1 Å². The van der Waals surface area contributed by atoms with E-state index in [1.54, 1.807) is 23.0 Å². The Bertz CT molecular complexity index is 1170. The molecule has 1 amide bonds. The zero-order valence-corrected chi connectivity index (χ0v) is 19.7. The number of amides is 1. The van der Waals surface area contributed by atoms with Gasteiger partial charge in [-0.2, -0.15) is 23.4 Å². The maximum Gasteiger partial charge on any atom is 0.436 e. The van der Waals surface area contributed by atoms with Crippen LogP contribution in [0, 0.1) is 0 Å². The minimum atomic E-state index is -4.62. The van der Waals surface area contributed by atoms with Gasteiger partial charge in [-0.1, -0.05) is 29.3 Å². The van der Waals surface area contributed by atoms with Gasteiger partial charge in [0.15, 0.2) is 5.69 Å². The number of alkyl halides is 3. The van der Waals surface area contributed by atoms with Gasteiger partial charge in [-0.25, -0.2) is 0 Å². The van der Waals surface area contributed by atoms with Gasteiger partial charge in [0, 0.05) is 12.1 Å². The van der Waals surface area contributed by atoms with Crippen LogP contribution in [0.1, 0.15) is 48.7 Å². The van der Waals surface area contributed by atoms with Crippen molar-refractivity contribution in [3.63, 3.8) is 0 Å². The van der Waals surface area contributed by atoms with Gasteiger partial charge in [0.2, 0.25) is 5.91 Å². The third-order valence-electron chi connectivity index (χ3n) is 5.10. The number of benzene rings is 1. The van der Waals surface area contributed by atoms with Crippen LogP contribution in [-0.2, 0) is 17.5 Å². The molecule has 0 bridgehead atoms. The minimum absolute atomic E-state index is 0.0443. The lowest BCUT2D eigenvalue weighted by Crippen LogP contribution is -2.26. The maximum absolute atomic E-state index is 13.3. The van der Waals surface area contributed by atoms with Gasteiger partial charge in [0.1, 0.15) is 6.04 Å². The monoisotopic (exact) mass is 549 g/mol. The maximum atomic E-state index is 13.3. The van der Waals surface area contributed by atoms with Crippen molar-refractivity contribution in [2.24, 2.45) is 0 Å². The molecule has 1 atom stereocenters.